The molecule has 0 aromatic heterocycles. The van der Waals surface area contributed by atoms with Crippen molar-refractivity contribution in [3.05, 3.63) is 59.7 Å². The number of rotatable bonds is 4. The van der Waals surface area contributed by atoms with Gasteiger partial charge in [0.05, 0.1) is 0 Å². The molecule has 0 aliphatic carbocycles. The summed E-state index contributed by atoms with van der Waals surface area (Å²) in [5.41, 5.74) is 2.34. The highest BCUT2D eigenvalue weighted by molar-refractivity contribution is 5.87. The maximum atomic E-state index is 11.4. The van der Waals surface area contributed by atoms with Gasteiger partial charge in [-0.1, -0.05) is 42.5 Å². The van der Waals surface area contributed by atoms with E-state index in [2.05, 4.69) is 5.32 Å². The van der Waals surface area contributed by atoms with E-state index in [1.54, 1.807) is 6.08 Å². The number of hydrogen-bond donors (Lipinski definition) is 1. The van der Waals surface area contributed by atoms with Gasteiger partial charge in [0.25, 0.3) is 0 Å². The standard InChI is InChI=1S/C14H17NO/c1-3-4-5-10-14(16)15-11-13-9-7-6-8-12(13)2/h3-10H,11H2,1-2H3,(H,15,16)/b4-3+,10-5+. The van der Waals surface area contributed by atoms with Crippen LogP contribution in [0.25, 0.3) is 0 Å². The largest absolute Gasteiger partial charge is 0.348 e. The van der Waals surface area contributed by atoms with E-state index in [1.165, 1.54) is 11.6 Å². The van der Waals surface area contributed by atoms with Crippen LogP contribution in [0.2, 0.25) is 0 Å². The molecule has 0 saturated carbocycles. The van der Waals surface area contributed by atoms with E-state index in [9.17, 15) is 4.79 Å². The molecular formula is C14H17NO. The van der Waals surface area contributed by atoms with Crippen LogP contribution < -0.4 is 5.32 Å². The van der Waals surface area contributed by atoms with Gasteiger partial charge in [-0.2, -0.15) is 0 Å². The van der Waals surface area contributed by atoms with Gasteiger partial charge in [-0.15, -0.1) is 0 Å². The minimum Gasteiger partial charge on any atom is -0.348 e. The molecule has 1 aromatic carbocycles. The van der Waals surface area contributed by atoms with E-state index in [0.29, 0.717) is 6.54 Å². The van der Waals surface area contributed by atoms with Crippen LogP contribution in [0.5, 0.6) is 0 Å². The van der Waals surface area contributed by atoms with Crippen LogP contribution in [0.4, 0.5) is 0 Å². The first-order valence-electron chi connectivity index (χ1n) is 5.35. The first-order chi connectivity index (χ1) is 7.74. The fourth-order valence-electron chi connectivity index (χ4n) is 1.30. The summed E-state index contributed by atoms with van der Waals surface area (Å²) >= 11 is 0. The molecule has 1 rings (SSSR count). The lowest BCUT2D eigenvalue weighted by atomic mass is 10.1. The molecule has 0 unspecified atom stereocenters. The molecular weight excluding hydrogens is 198 g/mol. The molecule has 0 aliphatic rings. The zero-order valence-electron chi connectivity index (χ0n) is 9.73. The summed E-state index contributed by atoms with van der Waals surface area (Å²) in [6, 6.07) is 8.03. The number of carbonyl (C=O) groups excluding carboxylic acids is 1. The Morgan fingerprint density at radius 3 is 2.75 bits per heavy atom. The number of carbonyl (C=O) groups is 1. The molecule has 0 radical (unpaired) electrons. The Morgan fingerprint density at radius 2 is 2.06 bits per heavy atom. The molecule has 1 amide bonds. The quantitative estimate of drug-likeness (QED) is 0.607. The van der Waals surface area contributed by atoms with Crippen LogP contribution in [0, 0.1) is 6.92 Å². The lowest BCUT2D eigenvalue weighted by molar-refractivity contribution is -0.116. The van der Waals surface area contributed by atoms with Gasteiger partial charge in [0, 0.05) is 12.6 Å². The van der Waals surface area contributed by atoms with Crippen LogP contribution in [0.3, 0.4) is 0 Å². The summed E-state index contributed by atoms with van der Waals surface area (Å²) in [4.78, 5) is 11.4. The molecule has 0 bridgehead atoms. The van der Waals surface area contributed by atoms with Crippen molar-refractivity contribution in [3.8, 4) is 0 Å². The minimum absolute atomic E-state index is 0.0682. The SMILES string of the molecule is C/C=C/C=C/C(=O)NCc1ccccc1C. The highest BCUT2D eigenvalue weighted by Crippen LogP contribution is 2.05. The lowest BCUT2D eigenvalue weighted by Gasteiger charge is -2.05. The molecule has 0 saturated heterocycles. The maximum absolute atomic E-state index is 11.4. The second-order valence-corrected chi connectivity index (χ2v) is 3.53. The van der Waals surface area contributed by atoms with Gasteiger partial charge in [-0.3, -0.25) is 4.79 Å². The van der Waals surface area contributed by atoms with E-state index in [4.69, 9.17) is 0 Å². The lowest BCUT2D eigenvalue weighted by Crippen LogP contribution is -2.20. The molecule has 0 atom stereocenters. The number of aryl methyl sites for hydroxylation is 1. The summed E-state index contributed by atoms with van der Waals surface area (Å²) in [5, 5.41) is 2.84. The Morgan fingerprint density at radius 1 is 1.31 bits per heavy atom. The van der Waals surface area contributed by atoms with Gasteiger partial charge in [-0.25, -0.2) is 0 Å². The number of nitrogens with one attached hydrogen (secondary N) is 1. The fraction of sp³-hybridized carbons (Fsp3) is 0.214. The Kier molecular flexibility index (Phi) is 5.06. The third kappa shape index (κ3) is 4.13. The molecule has 2 nitrogen and oxygen atoms in total. The summed E-state index contributed by atoms with van der Waals surface area (Å²) in [6.07, 6.45) is 6.96. The second-order valence-electron chi connectivity index (χ2n) is 3.53. The molecule has 0 heterocycles. The third-order valence-electron chi connectivity index (χ3n) is 2.27. The van der Waals surface area contributed by atoms with Gasteiger partial charge in [0.1, 0.15) is 0 Å². The van der Waals surface area contributed by atoms with Gasteiger partial charge in [0.15, 0.2) is 0 Å². The smallest absolute Gasteiger partial charge is 0.244 e. The predicted molar refractivity (Wildman–Crippen MR) is 67.0 cm³/mol. The summed E-state index contributed by atoms with van der Waals surface area (Å²) in [6.45, 7) is 4.53. The molecule has 16 heavy (non-hydrogen) atoms. The summed E-state index contributed by atoms with van der Waals surface area (Å²) in [5.74, 6) is -0.0682. The number of hydrogen-bond acceptors (Lipinski definition) is 1. The Balaban J connectivity index is 2.46. The van der Waals surface area contributed by atoms with E-state index in [-0.39, 0.29) is 5.91 Å². The summed E-state index contributed by atoms with van der Waals surface area (Å²) in [7, 11) is 0. The van der Waals surface area contributed by atoms with Crippen molar-refractivity contribution in [2.24, 2.45) is 0 Å². The van der Waals surface area contributed by atoms with Gasteiger partial charge >= 0.3 is 0 Å². The van der Waals surface area contributed by atoms with Crippen molar-refractivity contribution in [2.45, 2.75) is 20.4 Å². The fourth-order valence-corrected chi connectivity index (χ4v) is 1.30. The molecule has 0 fully saturated rings. The first kappa shape index (κ1) is 12.2. The molecule has 1 N–H and O–H groups in total. The summed E-state index contributed by atoms with van der Waals surface area (Å²) < 4.78 is 0. The average Bonchev–Trinajstić information content (AvgIpc) is 2.28. The van der Waals surface area contributed by atoms with E-state index >= 15 is 0 Å². The van der Waals surface area contributed by atoms with Crippen molar-refractivity contribution < 1.29 is 4.79 Å². The predicted octanol–water partition coefficient (Wildman–Crippen LogP) is 2.74. The highest BCUT2D eigenvalue weighted by atomic mass is 16.1. The molecule has 1 aromatic rings. The molecule has 84 valence electrons. The number of allylic oxidation sites excluding steroid dienone is 3. The van der Waals surface area contributed by atoms with Gasteiger partial charge < -0.3 is 5.32 Å². The second kappa shape index (κ2) is 6.62. The highest BCUT2D eigenvalue weighted by Gasteiger charge is 1.98. The van der Waals surface area contributed by atoms with Crippen LogP contribution >= 0.6 is 0 Å². The Labute approximate surface area is 96.7 Å². The third-order valence-corrected chi connectivity index (χ3v) is 2.27. The minimum atomic E-state index is -0.0682. The van der Waals surface area contributed by atoms with Crippen LogP contribution in [-0.2, 0) is 11.3 Å². The topological polar surface area (TPSA) is 29.1 Å². The van der Waals surface area contributed by atoms with E-state index < -0.39 is 0 Å². The average molecular weight is 215 g/mol. The van der Waals surface area contributed by atoms with Crippen molar-refractivity contribution in [1.82, 2.24) is 5.32 Å². The molecule has 0 aliphatic heterocycles. The normalized spacial score (nSPS) is 11.1. The van der Waals surface area contributed by atoms with Gasteiger partial charge in [0.2, 0.25) is 5.91 Å². The zero-order chi connectivity index (χ0) is 11.8. The van der Waals surface area contributed by atoms with Crippen molar-refractivity contribution in [3.63, 3.8) is 0 Å². The van der Waals surface area contributed by atoms with Crippen molar-refractivity contribution in [1.29, 1.82) is 0 Å². The number of amides is 1. The van der Waals surface area contributed by atoms with E-state index in [1.807, 2.05) is 50.3 Å². The van der Waals surface area contributed by atoms with Crippen molar-refractivity contribution >= 4 is 5.91 Å². The molecule has 2 heteroatoms. The van der Waals surface area contributed by atoms with Crippen molar-refractivity contribution in [2.75, 3.05) is 0 Å². The monoisotopic (exact) mass is 215 g/mol. The Bertz CT molecular complexity index is 405. The van der Waals surface area contributed by atoms with Crippen LogP contribution in [0.1, 0.15) is 18.1 Å². The number of benzene rings is 1. The van der Waals surface area contributed by atoms with E-state index in [0.717, 1.165) is 5.56 Å². The van der Waals surface area contributed by atoms with Crippen LogP contribution in [0.15, 0.2) is 48.6 Å². The Hall–Kier alpha value is -1.83. The van der Waals surface area contributed by atoms with Gasteiger partial charge in [-0.05, 0) is 25.0 Å². The molecule has 0 spiro atoms. The first-order valence-corrected chi connectivity index (χ1v) is 5.35. The maximum Gasteiger partial charge on any atom is 0.244 e. The zero-order valence-corrected chi connectivity index (χ0v) is 9.73. The van der Waals surface area contributed by atoms with Crippen LogP contribution in [-0.4, -0.2) is 5.91 Å².